The minimum Gasteiger partial charge on any atom is -0.376 e. The summed E-state index contributed by atoms with van der Waals surface area (Å²) < 4.78 is 7.97. The number of carbonyl (C=O) groups is 1. The van der Waals surface area contributed by atoms with Gasteiger partial charge < -0.3 is 15.0 Å². The van der Waals surface area contributed by atoms with Crippen LogP contribution in [0.3, 0.4) is 0 Å². The molecule has 2 N–H and O–H groups in total. The molecule has 0 atom stereocenters. The van der Waals surface area contributed by atoms with Crippen LogP contribution in [0.4, 0.5) is 0 Å². The quantitative estimate of drug-likeness (QED) is 0.862. The summed E-state index contributed by atoms with van der Waals surface area (Å²) in [6.45, 7) is 0.882. The number of aromatic amines is 1. The van der Waals surface area contributed by atoms with Gasteiger partial charge in [-0.25, -0.2) is 0 Å². The van der Waals surface area contributed by atoms with Crippen molar-refractivity contribution in [1.29, 1.82) is 0 Å². The van der Waals surface area contributed by atoms with Crippen LogP contribution < -0.4 is 5.32 Å². The molecule has 2 aromatic rings. The molecule has 2 aromatic heterocycles. The molecule has 0 saturated carbocycles. The molecule has 1 aliphatic rings. The van der Waals surface area contributed by atoms with Crippen molar-refractivity contribution in [2.75, 3.05) is 13.2 Å². The number of aromatic nitrogens is 3. The third-order valence-electron chi connectivity index (χ3n) is 3.66. The molecule has 0 unspecified atom stereocenters. The van der Waals surface area contributed by atoms with Gasteiger partial charge in [0, 0.05) is 29.5 Å². The highest BCUT2D eigenvalue weighted by molar-refractivity contribution is 9.10. The Kier molecular flexibility index (Phi) is 4.49. The average molecular weight is 377 g/mol. The van der Waals surface area contributed by atoms with E-state index in [-0.39, 0.29) is 5.91 Å². The highest BCUT2D eigenvalue weighted by Gasteiger charge is 2.43. The van der Waals surface area contributed by atoms with Crippen LogP contribution in [0.2, 0.25) is 0 Å². The third-order valence-corrected chi connectivity index (χ3v) is 4.19. The molecule has 3 rings (SSSR count). The first kappa shape index (κ1) is 15.8. The lowest BCUT2D eigenvalue weighted by Crippen LogP contribution is -2.59. The van der Waals surface area contributed by atoms with Crippen molar-refractivity contribution in [2.24, 2.45) is 7.05 Å². The minimum absolute atomic E-state index is 0.190. The molecule has 0 spiro atoms. The molecule has 1 fully saturated rings. The third kappa shape index (κ3) is 3.46. The van der Waals surface area contributed by atoms with E-state index in [4.69, 9.17) is 4.74 Å². The molecular weight excluding hydrogens is 360 g/mol. The molecule has 1 saturated heterocycles. The summed E-state index contributed by atoms with van der Waals surface area (Å²) >= 11 is 3.41. The number of hydrogen-bond acceptors (Lipinski definition) is 3. The number of nitrogens with zero attached hydrogens (tertiary/aromatic N) is 2. The first-order valence-electron chi connectivity index (χ1n) is 7.16. The van der Waals surface area contributed by atoms with E-state index in [1.165, 1.54) is 0 Å². The Balaban J connectivity index is 1.86. The summed E-state index contributed by atoms with van der Waals surface area (Å²) in [4.78, 5) is 15.6. The van der Waals surface area contributed by atoms with Crippen LogP contribution in [0.5, 0.6) is 0 Å². The Morgan fingerprint density at radius 2 is 2.17 bits per heavy atom. The summed E-state index contributed by atoms with van der Waals surface area (Å²) in [5.74, 6) is -0.190. The van der Waals surface area contributed by atoms with Crippen LogP contribution in [0, 0.1) is 0 Å². The van der Waals surface area contributed by atoms with Gasteiger partial charge in [0.15, 0.2) is 0 Å². The minimum atomic E-state index is -0.515. The zero-order valence-corrected chi connectivity index (χ0v) is 14.2. The smallest absolute Gasteiger partial charge is 0.268 e. The number of rotatable bonds is 3. The predicted octanol–water partition coefficient (Wildman–Crippen LogP) is 2.29. The Bertz CT molecular complexity index is 763. The highest BCUT2D eigenvalue weighted by Crippen LogP contribution is 2.29. The van der Waals surface area contributed by atoms with Crippen molar-refractivity contribution in [3.05, 3.63) is 64.7 Å². The van der Waals surface area contributed by atoms with E-state index < -0.39 is 5.54 Å². The van der Waals surface area contributed by atoms with E-state index in [0.717, 1.165) is 10.0 Å². The first-order valence-corrected chi connectivity index (χ1v) is 7.95. The van der Waals surface area contributed by atoms with Crippen LogP contribution in [-0.4, -0.2) is 33.9 Å². The van der Waals surface area contributed by atoms with Gasteiger partial charge in [0.2, 0.25) is 0 Å². The average Bonchev–Trinajstić information content (AvgIpc) is 2.94. The molecule has 1 aliphatic heterocycles. The van der Waals surface area contributed by atoms with E-state index >= 15 is 0 Å². The second kappa shape index (κ2) is 6.55. The SMILES string of the molecule is Cn1cc(C2(NC(=O)c3cccc(Br)ccc[nH]3)COC2)cn1. The molecule has 0 aromatic carbocycles. The molecule has 0 radical (unpaired) electrons. The molecular formula is C16H17BrN4O2. The maximum Gasteiger partial charge on any atom is 0.268 e. The van der Waals surface area contributed by atoms with Crippen molar-refractivity contribution in [2.45, 2.75) is 5.54 Å². The Morgan fingerprint density at radius 3 is 2.83 bits per heavy atom. The number of hydrogen-bond donors (Lipinski definition) is 2. The van der Waals surface area contributed by atoms with Crippen molar-refractivity contribution in [1.82, 2.24) is 20.1 Å². The van der Waals surface area contributed by atoms with Crippen LogP contribution in [0.15, 0.2) is 53.4 Å². The Labute approximate surface area is 142 Å². The lowest BCUT2D eigenvalue weighted by Gasteiger charge is -2.41. The fourth-order valence-corrected chi connectivity index (χ4v) is 2.63. The summed E-state index contributed by atoms with van der Waals surface area (Å²) in [5, 5.41) is 7.24. The number of carbonyl (C=O) groups excluding carboxylic acids is 1. The molecule has 1 amide bonds. The standard InChI is InChI=1S/C16H17BrN4O2/c1-21-9-12(8-19-21)16(10-23-11-16)20-15(22)14-6-2-4-13(17)5-3-7-18-14/h2-9,18H,10-11H2,1H3,(H,20,22). The van der Waals surface area contributed by atoms with Gasteiger partial charge >= 0.3 is 0 Å². The van der Waals surface area contributed by atoms with Crippen LogP contribution in [0.25, 0.3) is 0 Å². The molecule has 23 heavy (non-hydrogen) atoms. The Hall–Kier alpha value is -2.12. The van der Waals surface area contributed by atoms with Gasteiger partial charge in [0.25, 0.3) is 5.91 Å². The lowest BCUT2D eigenvalue weighted by atomic mass is 9.90. The number of H-pyrrole nitrogens is 1. The summed E-state index contributed by atoms with van der Waals surface area (Å²) in [6.07, 6.45) is 5.37. The lowest BCUT2D eigenvalue weighted by molar-refractivity contribution is -0.0734. The van der Waals surface area contributed by atoms with Crippen LogP contribution in [-0.2, 0) is 17.3 Å². The fraction of sp³-hybridized carbons (Fsp3) is 0.250. The molecule has 0 aliphatic carbocycles. The van der Waals surface area contributed by atoms with Crippen LogP contribution in [0.1, 0.15) is 16.1 Å². The van der Waals surface area contributed by atoms with Gasteiger partial charge in [-0.1, -0.05) is 22.0 Å². The van der Waals surface area contributed by atoms with Gasteiger partial charge in [-0.15, -0.1) is 0 Å². The molecule has 120 valence electrons. The molecule has 7 heteroatoms. The van der Waals surface area contributed by atoms with Crippen LogP contribution >= 0.6 is 15.9 Å². The second-order valence-corrected chi connectivity index (χ2v) is 6.34. The van der Waals surface area contributed by atoms with Gasteiger partial charge in [0.05, 0.1) is 19.4 Å². The zero-order valence-electron chi connectivity index (χ0n) is 12.6. The van der Waals surface area contributed by atoms with Gasteiger partial charge in [-0.05, 0) is 24.3 Å². The Morgan fingerprint density at radius 1 is 1.39 bits per heavy atom. The largest absolute Gasteiger partial charge is 0.376 e. The number of amides is 1. The van der Waals surface area contributed by atoms with Gasteiger partial charge in [-0.2, -0.15) is 5.10 Å². The normalized spacial score (nSPS) is 15.4. The zero-order chi connectivity index (χ0) is 16.3. The van der Waals surface area contributed by atoms with Crippen molar-refractivity contribution in [3.8, 4) is 0 Å². The summed E-state index contributed by atoms with van der Waals surface area (Å²) in [6, 6.07) is 9.12. The topological polar surface area (TPSA) is 71.9 Å². The highest BCUT2D eigenvalue weighted by atomic mass is 79.9. The van der Waals surface area contributed by atoms with E-state index in [9.17, 15) is 4.79 Å². The number of aryl methyl sites for hydroxylation is 1. The van der Waals surface area contributed by atoms with E-state index in [2.05, 4.69) is 31.3 Å². The van der Waals surface area contributed by atoms with Crippen molar-refractivity contribution < 1.29 is 9.53 Å². The molecule has 0 bridgehead atoms. The maximum atomic E-state index is 12.6. The van der Waals surface area contributed by atoms with Gasteiger partial charge in [0.1, 0.15) is 11.2 Å². The van der Waals surface area contributed by atoms with E-state index in [1.54, 1.807) is 23.1 Å². The van der Waals surface area contributed by atoms with Crippen molar-refractivity contribution >= 4 is 21.8 Å². The molecule has 3 heterocycles. The van der Waals surface area contributed by atoms with Gasteiger partial charge in [-0.3, -0.25) is 9.48 Å². The monoisotopic (exact) mass is 376 g/mol. The fourth-order valence-electron chi connectivity index (χ4n) is 2.33. The van der Waals surface area contributed by atoms with E-state index in [0.29, 0.717) is 18.9 Å². The second-order valence-electron chi connectivity index (χ2n) is 5.43. The van der Waals surface area contributed by atoms with E-state index in [1.807, 2.05) is 37.5 Å². The molecule has 6 nitrogen and oxygen atoms in total. The predicted molar refractivity (Wildman–Crippen MR) is 89.3 cm³/mol. The number of nitrogens with one attached hydrogen (secondary N) is 2. The number of ether oxygens (including phenoxy) is 1. The maximum absolute atomic E-state index is 12.6. The first-order chi connectivity index (χ1) is 11.1. The summed E-state index contributed by atoms with van der Waals surface area (Å²) in [5.41, 5.74) is 0.889. The number of halogens is 1. The summed E-state index contributed by atoms with van der Waals surface area (Å²) in [7, 11) is 1.85. The van der Waals surface area contributed by atoms with Crippen molar-refractivity contribution in [3.63, 3.8) is 0 Å².